The predicted molar refractivity (Wildman–Crippen MR) is 68.5 cm³/mol. The van der Waals surface area contributed by atoms with Crippen LogP contribution in [0.4, 0.5) is 0 Å². The van der Waals surface area contributed by atoms with Gasteiger partial charge < -0.3 is 0 Å². The fourth-order valence-electron chi connectivity index (χ4n) is 1.28. The molecule has 0 radical (unpaired) electrons. The zero-order chi connectivity index (χ0) is 10.4. The molecule has 0 atom stereocenters. The second kappa shape index (κ2) is 6.28. The number of rotatable bonds is 5. The normalized spacial score (nSPS) is 10.5. The second-order valence-corrected chi connectivity index (χ2v) is 8.42. The highest BCUT2D eigenvalue weighted by atomic mass is 35.7. The van der Waals surface area contributed by atoms with Gasteiger partial charge in [0, 0.05) is 0 Å². The molecule has 0 bridgehead atoms. The molecule has 0 aliphatic rings. The zero-order valence-corrected chi connectivity index (χ0v) is 10.7. The quantitative estimate of drug-likeness (QED) is 0.544. The maximum atomic E-state index is 5.78. The van der Waals surface area contributed by atoms with Gasteiger partial charge in [0.05, 0.1) is 0 Å². The van der Waals surface area contributed by atoms with E-state index in [9.17, 15) is 0 Å². The molecule has 0 nitrogen and oxygen atoms in total. The third-order valence-corrected chi connectivity index (χ3v) is 4.26. The maximum absolute atomic E-state index is 5.78. The predicted octanol–water partition coefficient (Wildman–Crippen LogP) is 3.96. The lowest BCUT2D eigenvalue weighted by atomic mass is 10.1. The van der Waals surface area contributed by atoms with Gasteiger partial charge in [0.1, 0.15) is 0 Å². The maximum Gasteiger partial charge on any atom is 0.237 e. The highest BCUT2D eigenvalue weighted by Gasteiger charge is 2.01. The minimum absolute atomic E-state index is 0.992. The number of hydrogen-bond acceptors (Lipinski definition) is 0. The molecule has 0 aliphatic carbocycles. The smallest absolute Gasteiger partial charge is 0.150 e. The van der Waals surface area contributed by atoms with Gasteiger partial charge in [0.15, 0.2) is 0 Å². The van der Waals surface area contributed by atoms with E-state index < -0.39 is 7.42 Å². The largest absolute Gasteiger partial charge is 0.237 e. The Balaban J connectivity index is 2.40. The van der Waals surface area contributed by atoms with E-state index in [0.717, 1.165) is 24.4 Å². The van der Waals surface area contributed by atoms with Crippen molar-refractivity contribution in [2.45, 2.75) is 18.9 Å². The lowest BCUT2D eigenvalue weighted by molar-refractivity contribution is 0.916. The molecule has 0 saturated carbocycles. The van der Waals surface area contributed by atoms with E-state index in [1.54, 1.807) is 0 Å². The summed E-state index contributed by atoms with van der Waals surface area (Å²) in [6.07, 6.45) is 4.02. The Hall–Kier alpha value is -0.243. The van der Waals surface area contributed by atoms with Crippen molar-refractivity contribution < 1.29 is 0 Å². The van der Waals surface area contributed by atoms with Crippen LogP contribution in [0.5, 0.6) is 0 Å². The van der Waals surface area contributed by atoms with E-state index in [1.807, 2.05) is 6.08 Å². The van der Waals surface area contributed by atoms with Crippen LogP contribution in [-0.4, -0.2) is 7.42 Å². The monoisotopic (exact) mass is 244 g/mol. The molecule has 0 N–H and O–H groups in total. The number of aryl methyl sites for hydroxylation is 1. The third-order valence-electron chi connectivity index (χ3n) is 2.10. The van der Waals surface area contributed by atoms with E-state index in [0.29, 0.717) is 0 Å². The second-order valence-electron chi connectivity index (χ2n) is 3.23. The van der Waals surface area contributed by atoms with Crippen LogP contribution in [0.15, 0.2) is 30.8 Å². The molecule has 0 aliphatic heterocycles. The summed E-state index contributed by atoms with van der Waals surface area (Å²) in [5.41, 5.74) is 2.51. The van der Waals surface area contributed by atoms with Gasteiger partial charge in [-0.25, -0.2) is 0 Å². The topological polar surface area (TPSA) is 0 Å². The first kappa shape index (κ1) is 11.8. The fraction of sp³-hybridized carbons (Fsp3) is 0.273. The van der Waals surface area contributed by atoms with Gasteiger partial charge in [0.25, 0.3) is 0 Å². The van der Waals surface area contributed by atoms with Crippen molar-refractivity contribution in [3.8, 4) is 0 Å². The van der Waals surface area contributed by atoms with Gasteiger partial charge in [-0.2, -0.15) is 22.2 Å². The highest BCUT2D eigenvalue weighted by Crippen LogP contribution is 2.12. The summed E-state index contributed by atoms with van der Waals surface area (Å²) in [5, 5.41) is 0. The van der Waals surface area contributed by atoms with Gasteiger partial charge in [-0.1, -0.05) is 36.9 Å². The fourth-order valence-corrected chi connectivity index (χ4v) is 2.72. The Morgan fingerprint density at radius 2 is 1.86 bits per heavy atom. The van der Waals surface area contributed by atoms with E-state index in [4.69, 9.17) is 22.2 Å². The summed E-state index contributed by atoms with van der Waals surface area (Å²) in [5.74, 6) is 0. The van der Waals surface area contributed by atoms with Crippen LogP contribution < -0.4 is 0 Å². The molecule has 1 aromatic rings. The molecule has 0 fully saturated rings. The molecule has 1 aromatic carbocycles. The third kappa shape index (κ3) is 4.31. The summed E-state index contributed by atoms with van der Waals surface area (Å²) in [7, 11) is -1.40. The molecular weight excluding hydrogens is 231 g/mol. The summed E-state index contributed by atoms with van der Waals surface area (Å²) >= 11 is 11.6. The first-order valence-corrected chi connectivity index (χ1v) is 9.02. The summed E-state index contributed by atoms with van der Waals surface area (Å²) in [6.45, 7) is 3.72. The Kier molecular flexibility index (Phi) is 5.31. The molecule has 0 unspecified atom stereocenters. The molecule has 76 valence electrons. The van der Waals surface area contributed by atoms with Crippen molar-refractivity contribution in [3.05, 3.63) is 42.0 Å². The molecule has 14 heavy (non-hydrogen) atoms. The molecule has 0 saturated heterocycles. The minimum Gasteiger partial charge on any atom is -0.150 e. The van der Waals surface area contributed by atoms with Crippen LogP contribution in [0.3, 0.4) is 0 Å². The van der Waals surface area contributed by atoms with E-state index in [-0.39, 0.29) is 0 Å². The Bertz CT molecular complexity index is 280. The number of halogens is 2. The van der Waals surface area contributed by atoms with Crippen molar-refractivity contribution in [2.75, 3.05) is 0 Å². The van der Waals surface area contributed by atoms with Crippen LogP contribution in [0, 0.1) is 0 Å². The first-order chi connectivity index (χ1) is 6.72. The zero-order valence-electron chi connectivity index (χ0n) is 8.05. The molecule has 1 rings (SSSR count). The van der Waals surface area contributed by atoms with Crippen molar-refractivity contribution in [1.82, 2.24) is 0 Å². The molecule has 0 aromatic heterocycles. The summed E-state index contributed by atoms with van der Waals surface area (Å²) < 4.78 is 0. The van der Waals surface area contributed by atoms with Crippen LogP contribution in [0.2, 0.25) is 6.04 Å². The van der Waals surface area contributed by atoms with Crippen molar-refractivity contribution >= 4 is 35.7 Å². The lowest BCUT2D eigenvalue weighted by Gasteiger charge is -2.01. The molecule has 0 heterocycles. The Labute approximate surface area is 96.6 Å². The van der Waals surface area contributed by atoms with Gasteiger partial charge in [-0.15, -0.1) is 0 Å². The van der Waals surface area contributed by atoms with Gasteiger partial charge in [0.2, 0.25) is 7.42 Å². The van der Waals surface area contributed by atoms with Crippen molar-refractivity contribution in [2.24, 2.45) is 0 Å². The van der Waals surface area contributed by atoms with Crippen molar-refractivity contribution in [3.63, 3.8) is 0 Å². The highest BCUT2D eigenvalue weighted by molar-refractivity contribution is 7.33. The SMILES string of the molecule is C=Cc1ccc(CCC[SiH](Cl)Cl)cc1. The van der Waals surface area contributed by atoms with Crippen LogP contribution in [0.25, 0.3) is 6.08 Å². The minimum atomic E-state index is -1.40. The Morgan fingerprint density at radius 3 is 2.36 bits per heavy atom. The molecule has 3 heteroatoms. The van der Waals surface area contributed by atoms with Crippen LogP contribution >= 0.6 is 22.2 Å². The lowest BCUT2D eigenvalue weighted by Crippen LogP contribution is -1.93. The first-order valence-electron chi connectivity index (χ1n) is 4.72. The molecular formula is C11H14Cl2Si. The Morgan fingerprint density at radius 1 is 1.21 bits per heavy atom. The van der Waals surface area contributed by atoms with Crippen LogP contribution in [-0.2, 0) is 6.42 Å². The standard InChI is InChI=1S/C11H14Cl2Si/c1-2-10-5-7-11(8-6-10)4-3-9-14(12)13/h2,5-8,14H,1,3-4,9H2. The summed E-state index contributed by atoms with van der Waals surface area (Å²) in [4.78, 5) is 0. The van der Waals surface area contributed by atoms with E-state index in [1.165, 1.54) is 5.56 Å². The molecule has 0 spiro atoms. The van der Waals surface area contributed by atoms with Gasteiger partial charge in [-0.05, 0) is 30.0 Å². The average molecular weight is 245 g/mol. The van der Waals surface area contributed by atoms with Crippen molar-refractivity contribution in [1.29, 1.82) is 0 Å². The van der Waals surface area contributed by atoms with Gasteiger partial charge >= 0.3 is 0 Å². The number of benzene rings is 1. The summed E-state index contributed by atoms with van der Waals surface area (Å²) in [6, 6.07) is 9.43. The molecule has 0 amide bonds. The average Bonchev–Trinajstić information content (AvgIpc) is 2.18. The van der Waals surface area contributed by atoms with E-state index in [2.05, 4.69) is 30.8 Å². The van der Waals surface area contributed by atoms with E-state index >= 15 is 0 Å². The number of hydrogen-bond donors (Lipinski definition) is 0. The van der Waals surface area contributed by atoms with Gasteiger partial charge in [-0.3, -0.25) is 0 Å². The van der Waals surface area contributed by atoms with Crippen LogP contribution in [0.1, 0.15) is 17.5 Å².